The van der Waals surface area contributed by atoms with E-state index in [4.69, 9.17) is 4.74 Å². The lowest BCUT2D eigenvalue weighted by molar-refractivity contribution is 0.239. The second kappa shape index (κ2) is 9.05. The molecule has 152 valence electrons. The van der Waals surface area contributed by atoms with Gasteiger partial charge in [0, 0.05) is 61.9 Å². The largest absolute Gasteiger partial charge is 0.491 e. The second-order valence-corrected chi connectivity index (χ2v) is 7.43. The van der Waals surface area contributed by atoms with Crippen LogP contribution in [0.2, 0.25) is 0 Å². The Balaban J connectivity index is 1.33. The molecular weight excluding hydrogens is 364 g/mol. The van der Waals surface area contributed by atoms with Gasteiger partial charge in [0.15, 0.2) is 0 Å². The normalized spacial score (nSPS) is 14.9. The van der Waals surface area contributed by atoms with Crippen molar-refractivity contribution in [3.8, 4) is 5.75 Å². The maximum absolute atomic E-state index is 6.07. The van der Waals surface area contributed by atoms with E-state index in [1.807, 2.05) is 30.1 Å². The minimum absolute atomic E-state index is 0.632. The summed E-state index contributed by atoms with van der Waals surface area (Å²) >= 11 is 0. The molecule has 0 saturated carbocycles. The molecule has 1 aliphatic heterocycles. The number of hydrogen-bond acceptors (Lipinski definition) is 6. The molecule has 0 aliphatic carbocycles. The summed E-state index contributed by atoms with van der Waals surface area (Å²) in [6.45, 7) is 10.4. The third-order valence-electron chi connectivity index (χ3n) is 5.51. The van der Waals surface area contributed by atoms with Crippen LogP contribution in [0.1, 0.15) is 16.8 Å². The third-order valence-corrected chi connectivity index (χ3v) is 5.51. The van der Waals surface area contributed by atoms with Crippen LogP contribution < -0.4 is 9.64 Å². The molecule has 1 aromatic carbocycles. The van der Waals surface area contributed by atoms with Crippen LogP contribution in [0.5, 0.6) is 5.75 Å². The molecule has 29 heavy (non-hydrogen) atoms. The number of ether oxygens (including phenoxy) is 1. The number of aryl methyl sites for hydroxylation is 1. The predicted octanol–water partition coefficient (Wildman–Crippen LogP) is 2.69. The summed E-state index contributed by atoms with van der Waals surface area (Å²) < 4.78 is 8.10. The van der Waals surface area contributed by atoms with E-state index < -0.39 is 0 Å². The molecule has 0 radical (unpaired) electrons. The first-order valence-electron chi connectivity index (χ1n) is 10.1. The molecule has 1 fully saturated rings. The zero-order valence-electron chi connectivity index (χ0n) is 17.2. The Hall–Kier alpha value is -2.93. The second-order valence-electron chi connectivity index (χ2n) is 7.43. The summed E-state index contributed by atoms with van der Waals surface area (Å²) in [6.07, 6.45) is 7.23. The lowest BCUT2D eigenvalue weighted by atomic mass is 10.1. The number of nitrogens with zero attached hydrogens (tertiary/aromatic N) is 6. The van der Waals surface area contributed by atoms with Crippen molar-refractivity contribution in [3.05, 3.63) is 66.1 Å². The van der Waals surface area contributed by atoms with Crippen molar-refractivity contribution in [2.75, 3.05) is 37.7 Å². The fourth-order valence-corrected chi connectivity index (χ4v) is 3.66. The molecular formula is C22H28N6O. The number of benzene rings is 1. The molecule has 3 heterocycles. The fraction of sp³-hybridized carbons (Fsp3) is 0.409. The van der Waals surface area contributed by atoms with Gasteiger partial charge in [-0.3, -0.25) is 4.90 Å². The van der Waals surface area contributed by atoms with Crippen LogP contribution >= 0.6 is 0 Å². The molecule has 1 saturated heterocycles. The topological polar surface area (TPSA) is 59.3 Å². The minimum Gasteiger partial charge on any atom is -0.491 e. The highest BCUT2D eigenvalue weighted by Gasteiger charge is 2.21. The van der Waals surface area contributed by atoms with E-state index >= 15 is 0 Å². The van der Waals surface area contributed by atoms with Gasteiger partial charge in [-0.25, -0.2) is 15.0 Å². The summed E-state index contributed by atoms with van der Waals surface area (Å²) in [6, 6.07) is 8.35. The quantitative estimate of drug-likeness (QED) is 0.616. The first-order chi connectivity index (χ1) is 14.2. The lowest BCUT2D eigenvalue weighted by Gasteiger charge is -2.36. The Kier molecular flexibility index (Phi) is 6.05. The number of rotatable bonds is 7. The third kappa shape index (κ3) is 4.74. The number of imidazole rings is 1. The van der Waals surface area contributed by atoms with Gasteiger partial charge in [0.05, 0.1) is 12.9 Å². The Labute approximate surface area is 172 Å². The van der Waals surface area contributed by atoms with Gasteiger partial charge in [-0.1, -0.05) is 18.2 Å². The van der Waals surface area contributed by atoms with E-state index in [9.17, 15) is 0 Å². The van der Waals surface area contributed by atoms with E-state index in [0.29, 0.717) is 6.61 Å². The van der Waals surface area contributed by atoms with Crippen molar-refractivity contribution in [2.24, 2.45) is 0 Å². The molecule has 1 aliphatic rings. The van der Waals surface area contributed by atoms with Gasteiger partial charge in [0.1, 0.15) is 24.5 Å². The van der Waals surface area contributed by atoms with Crippen LogP contribution in [-0.4, -0.2) is 57.2 Å². The van der Waals surface area contributed by atoms with Crippen molar-refractivity contribution in [1.82, 2.24) is 24.4 Å². The van der Waals surface area contributed by atoms with Crippen molar-refractivity contribution < 1.29 is 4.74 Å². The van der Waals surface area contributed by atoms with E-state index in [1.54, 1.807) is 12.5 Å². The fourth-order valence-electron chi connectivity index (χ4n) is 3.66. The van der Waals surface area contributed by atoms with Gasteiger partial charge >= 0.3 is 0 Å². The summed E-state index contributed by atoms with van der Waals surface area (Å²) in [7, 11) is 0. The van der Waals surface area contributed by atoms with E-state index in [-0.39, 0.29) is 0 Å². The highest BCUT2D eigenvalue weighted by atomic mass is 16.5. The SMILES string of the molecule is Cc1ncnc(N2CCN(Cc3ccccc3OCCn3ccnc3)CC2)c1C. The summed E-state index contributed by atoms with van der Waals surface area (Å²) in [5.41, 5.74) is 3.47. The van der Waals surface area contributed by atoms with E-state index in [0.717, 1.165) is 56.5 Å². The highest BCUT2D eigenvalue weighted by molar-refractivity contribution is 5.47. The Morgan fingerprint density at radius 3 is 2.66 bits per heavy atom. The molecule has 7 heteroatoms. The maximum Gasteiger partial charge on any atom is 0.135 e. The van der Waals surface area contributed by atoms with Crippen molar-refractivity contribution in [1.29, 1.82) is 0 Å². The van der Waals surface area contributed by atoms with Crippen LogP contribution in [0.3, 0.4) is 0 Å². The maximum atomic E-state index is 6.07. The lowest BCUT2D eigenvalue weighted by Crippen LogP contribution is -2.46. The smallest absolute Gasteiger partial charge is 0.135 e. The first-order valence-corrected chi connectivity index (χ1v) is 10.1. The number of anilines is 1. The Bertz CT molecular complexity index is 919. The zero-order valence-corrected chi connectivity index (χ0v) is 17.2. The first kappa shape index (κ1) is 19.4. The van der Waals surface area contributed by atoms with E-state index in [1.165, 1.54) is 11.1 Å². The van der Waals surface area contributed by atoms with Gasteiger partial charge in [-0.15, -0.1) is 0 Å². The molecule has 0 spiro atoms. The van der Waals surface area contributed by atoms with Crippen LogP contribution in [0.25, 0.3) is 0 Å². The summed E-state index contributed by atoms with van der Waals surface area (Å²) in [5.74, 6) is 2.04. The minimum atomic E-state index is 0.632. The van der Waals surface area contributed by atoms with Crippen molar-refractivity contribution in [3.63, 3.8) is 0 Å². The number of piperazine rings is 1. The average molecular weight is 393 g/mol. The van der Waals surface area contributed by atoms with E-state index in [2.05, 4.69) is 49.9 Å². The summed E-state index contributed by atoms with van der Waals surface area (Å²) in [5, 5.41) is 0. The average Bonchev–Trinajstić information content (AvgIpc) is 3.26. The molecule has 2 aromatic heterocycles. The molecule has 3 aromatic rings. The number of aromatic nitrogens is 4. The molecule has 0 N–H and O–H groups in total. The van der Waals surface area contributed by atoms with Crippen LogP contribution in [-0.2, 0) is 13.1 Å². The van der Waals surface area contributed by atoms with Gasteiger partial charge in [-0.2, -0.15) is 0 Å². The predicted molar refractivity (Wildman–Crippen MR) is 113 cm³/mol. The van der Waals surface area contributed by atoms with Crippen molar-refractivity contribution in [2.45, 2.75) is 26.9 Å². The molecule has 0 atom stereocenters. The Morgan fingerprint density at radius 2 is 1.86 bits per heavy atom. The Morgan fingerprint density at radius 1 is 1.03 bits per heavy atom. The van der Waals surface area contributed by atoms with Gasteiger partial charge < -0.3 is 14.2 Å². The van der Waals surface area contributed by atoms with Crippen LogP contribution in [0, 0.1) is 13.8 Å². The molecule has 0 amide bonds. The van der Waals surface area contributed by atoms with Crippen molar-refractivity contribution >= 4 is 5.82 Å². The number of hydrogen-bond donors (Lipinski definition) is 0. The molecule has 0 unspecified atom stereocenters. The van der Waals surface area contributed by atoms with Crippen LogP contribution in [0.15, 0.2) is 49.3 Å². The highest BCUT2D eigenvalue weighted by Crippen LogP contribution is 2.23. The van der Waals surface area contributed by atoms with Gasteiger partial charge in [-0.05, 0) is 19.9 Å². The zero-order chi connectivity index (χ0) is 20.1. The molecule has 7 nitrogen and oxygen atoms in total. The van der Waals surface area contributed by atoms with Gasteiger partial charge in [0.25, 0.3) is 0 Å². The molecule has 4 rings (SSSR count). The monoisotopic (exact) mass is 392 g/mol. The summed E-state index contributed by atoms with van der Waals surface area (Å²) in [4.78, 5) is 17.7. The number of para-hydroxylation sites is 1. The van der Waals surface area contributed by atoms with Gasteiger partial charge in [0.2, 0.25) is 0 Å². The van der Waals surface area contributed by atoms with Crippen LogP contribution in [0.4, 0.5) is 5.82 Å². The standard InChI is InChI=1S/C22H28N6O/c1-18-19(2)24-16-25-22(18)28-11-9-26(10-12-28)15-20-5-3-4-6-21(20)29-14-13-27-8-7-23-17-27/h3-8,16-17H,9-15H2,1-2H3. The molecule has 0 bridgehead atoms.